The number of aldehydes is 1. The summed E-state index contributed by atoms with van der Waals surface area (Å²) in [6.45, 7) is 7.88. The minimum absolute atomic E-state index is 0.207. The van der Waals surface area contributed by atoms with Crippen LogP contribution in [-0.2, 0) is 4.79 Å². The first-order valence-electron chi connectivity index (χ1n) is 4.38. The first-order valence-corrected chi connectivity index (χ1v) is 4.38. The van der Waals surface area contributed by atoms with E-state index in [1.165, 1.54) is 5.57 Å². The molecule has 0 saturated carbocycles. The molecule has 0 fully saturated rings. The first-order chi connectivity index (χ1) is 5.62. The van der Waals surface area contributed by atoms with Gasteiger partial charge in [0.15, 0.2) is 0 Å². The smallest absolute Gasteiger partial charge is 0.126 e. The molecule has 1 rings (SSSR count). The van der Waals surface area contributed by atoms with Crippen molar-refractivity contribution in [2.24, 2.45) is 11.3 Å². The van der Waals surface area contributed by atoms with E-state index in [4.69, 9.17) is 0 Å². The molecule has 66 valence electrons. The standard InChI is InChI=1S/C11H16O/c1-4-10-7-9(2)5-6-11(10,3)8-12/h4,7-8,10H,1,5-6H2,2-3H3. The molecule has 12 heavy (non-hydrogen) atoms. The van der Waals surface area contributed by atoms with Gasteiger partial charge < -0.3 is 4.79 Å². The molecule has 1 nitrogen and oxygen atoms in total. The van der Waals surface area contributed by atoms with E-state index < -0.39 is 0 Å². The summed E-state index contributed by atoms with van der Waals surface area (Å²) in [6.07, 6.45) is 7.10. The lowest BCUT2D eigenvalue weighted by atomic mass is 9.70. The van der Waals surface area contributed by atoms with Crippen LogP contribution in [0.3, 0.4) is 0 Å². The van der Waals surface area contributed by atoms with Gasteiger partial charge in [-0.1, -0.05) is 24.6 Å². The lowest BCUT2D eigenvalue weighted by Crippen LogP contribution is -2.29. The number of hydrogen-bond acceptors (Lipinski definition) is 1. The molecule has 2 atom stereocenters. The van der Waals surface area contributed by atoms with Crippen LogP contribution in [0.5, 0.6) is 0 Å². The summed E-state index contributed by atoms with van der Waals surface area (Å²) < 4.78 is 0. The maximum absolute atomic E-state index is 10.9. The van der Waals surface area contributed by atoms with Crippen LogP contribution in [0.15, 0.2) is 24.3 Å². The largest absolute Gasteiger partial charge is 0.303 e. The van der Waals surface area contributed by atoms with Gasteiger partial charge >= 0.3 is 0 Å². The molecular formula is C11H16O. The van der Waals surface area contributed by atoms with Crippen molar-refractivity contribution in [1.82, 2.24) is 0 Å². The van der Waals surface area contributed by atoms with Gasteiger partial charge in [0.25, 0.3) is 0 Å². The number of allylic oxidation sites excluding steroid dienone is 3. The molecule has 0 aromatic carbocycles. The van der Waals surface area contributed by atoms with Gasteiger partial charge in [0.2, 0.25) is 0 Å². The molecule has 0 spiro atoms. The summed E-state index contributed by atoms with van der Waals surface area (Å²) in [5.41, 5.74) is 1.17. The monoisotopic (exact) mass is 164 g/mol. The molecule has 0 aromatic rings. The summed E-state index contributed by atoms with van der Waals surface area (Å²) in [4.78, 5) is 10.9. The quantitative estimate of drug-likeness (QED) is 0.453. The average Bonchev–Trinajstić information content (AvgIpc) is 2.09. The van der Waals surface area contributed by atoms with Crippen LogP contribution in [0, 0.1) is 11.3 Å². The predicted molar refractivity (Wildman–Crippen MR) is 50.8 cm³/mol. The number of rotatable bonds is 2. The Labute approximate surface area is 74.2 Å². The van der Waals surface area contributed by atoms with Gasteiger partial charge in [-0.05, 0) is 19.8 Å². The molecule has 0 heterocycles. The van der Waals surface area contributed by atoms with Crippen molar-refractivity contribution < 1.29 is 4.79 Å². The Hall–Kier alpha value is -0.850. The summed E-state index contributed by atoms with van der Waals surface area (Å²) >= 11 is 0. The van der Waals surface area contributed by atoms with E-state index in [0.717, 1.165) is 19.1 Å². The SMILES string of the molecule is C=CC1C=C(C)CCC1(C)C=O. The van der Waals surface area contributed by atoms with E-state index >= 15 is 0 Å². The fourth-order valence-electron chi connectivity index (χ4n) is 1.69. The van der Waals surface area contributed by atoms with Gasteiger partial charge in [-0.15, -0.1) is 6.58 Å². The number of hydrogen-bond donors (Lipinski definition) is 0. The van der Waals surface area contributed by atoms with Crippen molar-refractivity contribution >= 4 is 6.29 Å². The average molecular weight is 164 g/mol. The fraction of sp³-hybridized carbons (Fsp3) is 0.545. The van der Waals surface area contributed by atoms with E-state index in [0.29, 0.717) is 0 Å². The van der Waals surface area contributed by atoms with Crippen LogP contribution in [0.25, 0.3) is 0 Å². The van der Waals surface area contributed by atoms with Gasteiger partial charge in [0.05, 0.1) is 0 Å². The molecule has 1 aliphatic carbocycles. The minimum atomic E-state index is -0.207. The Kier molecular flexibility index (Phi) is 2.51. The van der Waals surface area contributed by atoms with E-state index in [2.05, 4.69) is 19.6 Å². The van der Waals surface area contributed by atoms with Crippen LogP contribution in [0.2, 0.25) is 0 Å². The third-order valence-corrected chi connectivity index (χ3v) is 2.81. The molecule has 0 saturated heterocycles. The first kappa shape index (κ1) is 9.24. The zero-order valence-electron chi connectivity index (χ0n) is 7.84. The summed E-state index contributed by atoms with van der Waals surface area (Å²) in [7, 11) is 0. The van der Waals surface area contributed by atoms with Gasteiger partial charge in [-0.2, -0.15) is 0 Å². The Bertz CT molecular complexity index is 227. The summed E-state index contributed by atoms with van der Waals surface area (Å²) in [6, 6.07) is 0. The van der Waals surface area contributed by atoms with Crippen LogP contribution in [0.1, 0.15) is 26.7 Å². The van der Waals surface area contributed by atoms with Crippen molar-refractivity contribution in [2.45, 2.75) is 26.7 Å². The highest BCUT2D eigenvalue weighted by Crippen LogP contribution is 2.38. The highest BCUT2D eigenvalue weighted by atomic mass is 16.1. The molecule has 0 N–H and O–H groups in total. The Morgan fingerprint density at radius 2 is 2.42 bits per heavy atom. The molecule has 0 bridgehead atoms. The summed E-state index contributed by atoms with van der Waals surface area (Å²) in [5, 5.41) is 0. The molecule has 0 aliphatic heterocycles. The van der Waals surface area contributed by atoms with Crippen molar-refractivity contribution in [3.63, 3.8) is 0 Å². The molecule has 1 aliphatic rings. The second kappa shape index (κ2) is 3.26. The topological polar surface area (TPSA) is 17.1 Å². The highest BCUT2D eigenvalue weighted by Gasteiger charge is 2.32. The van der Waals surface area contributed by atoms with Gasteiger partial charge in [0.1, 0.15) is 6.29 Å². The maximum Gasteiger partial charge on any atom is 0.126 e. The zero-order chi connectivity index (χ0) is 9.19. The minimum Gasteiger partial charge on any atom is -0.303 e. The van der Waals surface area contributed by atoms with E-state index in [-0.39, 0.29) is 11.3 Å². The normalized spacial score (nSPS) is 35.5. The second-order valence-electron chi connectivity index (χ2n) is 3.90. The Balaban J connectivity index is 2.93. The molecule has 1 heteroatoms. The van der Waals surface area contributed by atoms with E-state index in [9.17, 15) is 4.79 Å². The second-order valence-corrected chi connectivity index (χ2v) is 3.90. The highest BCUT2D eigenvalue weighted by molar-refractivity contribution is 5.61. The van der Waals surface area contributed by atoms with Crippen LogP contribution in [0.4, 0.5) is 0 Å². The Morgan fingerprint density at radius 3 is 2.92 bits per heavy atom. The lowest BCUT2D eigenvalue weighted by molar-refractivity contribution is -0.117. The lowest BCUT2D eigenvalue weighted by Gasteiger charge is -2.33. The molecular weight excluding hydrogens is 148 g/mol. The molecule has 0 aromatic heterocycles. The van der Waals surface area contributed by atoms with Crippen LogP contribution in [-0.4, -0.2) is 6.29 Å². The van der Waals surface area contributed by atoms with E-state index in [1.807, 2.05) is 13.0 Å². The molecule has 2 unspecified atom stereocenters. The predicted octanol–water partition coefficient (Wildman–Crippen LogP) is 2.73. The third kappa shape index (κ3) is 1.50. The van der Waals surface area contributed by atoms with Gasteiger partial charge in [0, 0.05) is 11.3 Å². The van der Waals surface area contributed by atoms with Gasteiger partial charge in [-0.3, -0.25) is 0 Å². The van der Waals surface area contributed by atoms with Crippen molar-refractivity contribution in [2.75, 3.05) is 0 Å². The molecule has 0 amide bonds. The van der Waals surface area contributed by atoms with Crippen molar-refractivity contribution in [3.05, 3.63) is 24.3 Å². The van der Waals surface area contributed by atoms with Crippen LogP contribution < -0.4 is 0 Å². The number of carbonyl (C=O) groups excluding carboxylic acids is 1. The molecule has 0 radical (unpaired) electrons. The maximum atomic E-state index is 10.9. The number of carbonyl (C=O) groups is 1. The van der Waals surface area contributed by atoms with Crippen molar-refractivity contribution in [1.29, 1.82) is 0 Å². The summed E-state index contributed by atoms with van der Waals surface area (Å²) in [5.74, 6) is 0.226. The van der Waals surface area contributed by atoms with E-state index in [1.54, 1.807) is 0 Å². The zero-order valence-corrected chi connectivity index (χ0v) is 7.84. The fourth-order valence-corrected chi connectivity index (χ4v) is 1.69. The Morgan fingerprint density at radius 1 is 1.75 bits per heavy atom. The van der Waals surface area contributed by atoms with Crippen LogP contribution >= 0.6 is 0 Å². The third-order valence-electron chi connectivity index (χ3n) is 2.81. The van der Waals surface area contributed by atoms with Gasteiger partial charge in [-0.25, -0.2) is 0 Å². The van der Waals surface area contributed by atoms with Crippen molar-refractivity contribution in [3.8, 4) is 0 Å².